The topological polar surface area (TPSA) is 102 Å². The van der Waals surface area contributed by atoms with Crippen LogP contribution in [0.5, 0.6) is 0 Å². The second-order valence-electron chi connectivity index (χ2n) is 10.9. The fourth-order valence-corrected chi connectivity index (χ4v) is 7.57. The van der Waals surface area contributed by atoms with E-state index in [0.29, 0.717) is 24.3 Å². The molecule has 4 aliphatic heterocycles. The van der Waals surface area contributed by atoms with Gasteiger partial charge in [-0.15, -0.1) is 0 Å². The molecule has 9 nitrogen and oxygen atoms in total. The molecule has 1 amide bonds. The lowest BCUT2D eigenvalue weighted by atomic mass is 9.45. The fraction of sp³-hybridized carbons (Fsp3) is 0.556. The van der Waals surface area contributed by atoms with Crippen LogP contribution in [0.2, 0.25) is 0 Å². The van der Waals surface area contributed by atoms with E-state index in [9.17, 15) is 19.2 Å². The van der Waals surface area contributed by atoms with Crippen molar-refractivity contribution in [2.24, 2.45) is 11.3 Å². The van der Waals surface area contributed by atoms with Crippen molar-refractivity contribution in [3.05, 3.63) is 41.5 Å². The Kier molecular flexibility index (Phi) is 5.20. The number of carbonyl (C=O) groups is 4. The molecule has 4 bridgehead atoms. The lowest BCUT2D eigenvalue weighted by molar-refractivity contribution is -0.188. The molecule has 0 N–H and O–H groups in total. The summed E-state index contributed by atoms with van der Waals surface area (Å²) in [5.74, 6) is -2.53. The van der Waals surface area contributed by atoms with Gasteiger partial charge < -0.3 is 14.2 Å². The summed E-state index contributed by atoms with van der Waals surface area (Å²) in [6, 6.07) is 7.10. The van der Waals surface area contributed by atoms with Gasteiger partial charge in [0.1, 0.15) is 5.60 Å². The third kappa shape index (κ3) is 2.49. The Balaban J connectivity index is 1.96. The van der Waals surface area contributed by atoms with Crippen molar-refractivity contribution >= 4 is 29.5 Å². The number of methoxy groups -OCH3 is 2. The number of anilines is 1. The van der Waals surface area contributed by atoms with E-state index < -0.39 is 46.0 Å². The summed E-state index contributed by atoms with van der Waals surface area (Å²) >= 11 is 0. The quantitative estimate of drug-likeness (QED) is 0.267. The van der Waals surface area contributed by atoms with Gasteiger partial charge in [0.25, 0.3) is 0 Å². The number of hydrogen-bond donors (Lipinski definition) is 0. The molecule has 4 fully saturated rings. The Morgan fingerprint density at radius 1 is 1.08 bits per heavy atom. The number of amides is 1. The van der Waals surface area contributed by atoms with Gasteiger partial charge in [-0.05, 0) is 45.7 Å². The molecule has 1 aliphatic carbocycles. The maximum absolute atomic E-state index is 14.4. The SMILES string of the molecule is C/C=C1/CN2CC[C@@]34c5ccccc5N(C(=O)OC(C)(C)C)[C@@]23C(=O)C[C@@H]1C4(C(=O)OC)C(=O)OC. The number of nitrogens with zero attached hydrogens (tertiary/aromatic N) is 2. The Labute approximate surface area is 210 Å². The highest BCUT2D eigenvalue weighted by atomic mass is 16.6. The van der Waals surface area contributed by atoms with E-state index in [1.807, 2.05) is 17.9 Å². The molecule has 192 valence electrons. The third-order valence-electron chi connectivity index (χ3n) is 8.49. The van der Waals surface area contributed by atoms with Crippen molar-refractivity contribution in [3.8, 4) is 0 Å². The average molecular weight is 497 g/mol. The number of para-hydroxylation sites is 1. The molecule has 9 heteroatoms. The summed E-state index contributed by atoms with van der Waals surface area (Å²) < 4.78 is 16.6. The number of ether oxygens (including phenoxy) is 3. The lowest BCUT2D eigenvalue weighted by Gasteiger charge is -2.56. The Bertz CT molecular complexity index is 1200. The summed E-state index contributed by atoms with van der Waals surface area (Å²) in [4.78, 5) is 59.8. The Hall–Kier alpha value is -3.20. The van der Waals surface area contributed by atoms with Crippen molar-refractivity contribution in [3.63, 3.8) is 0 Å². The summed E-state index contributed by atoms with van der Waals surface area (Å²) in [5, 5.41) is 0. The van der Waals surface area contributed by atoms with Gasteiger partial charge in [0.15, 0.2) is 16.9 Å². The van der Waals surface area contributed by atoms with Gasteiger partial charge in [0.2, 0.25) is 0 Å². The number of esters is 2. The van der Waals surface area contributed by atoms with Crippen molar-refractivity contribution in [2.75, 3.05) is 32.2 Å². The van der Waals surface area contributed by atoms with Gasteiger partial charge in [0, 0.05) is 25.4 Å². The van der Waals surface area contributed by atoms with Crippen molar-refractivity contribution in [2.45, 2.75) is 57.2 Å². The number of Topliss-reactive ketones (excluding diaryl/α,β-unsaturated/α-hetero) is 1. The van der Waals surface area contributed by atoms with Gasteiger partial charge >= 0.3 is 18.0 Å². The van der Waals surface area contributed by atoms with Crippen LogP contribution in [0.15, 0.2) is 35.9 Å². The molecule has 1 spiro atoms. The highest BCUT2D eigenvalue weighted by Gasteiger charge is 2.88. The molecule has 1 aromatic rings. The van der Waals surface area contributed by atoms with E-state index in [1.54, 1.807) is 45.0 Å². The second kappa shape index (κ2) is 7.65. The zero-order valence-corrected chi connectivity index (χ0v) is 21.5. The lowest BCUT2D eigenvalue weighted by Crippen LogP contribution is -2.78. The molecular weight excluding hydrogens is 464 g/mol. The molecule has 4 atom stereocenters. The van der Waals surface area contributed by atoms with Crippen LogP contribution in [-0.2, 0) is 34.0 Å². The first kappa shape index (κ1) is 24.5. The number of benzene rings is 1. The number of carbonyl (C=O) groups excluding carboxylic acids is 4. The van der Waals surface area contributed by atoms with Gasteiger partial charge in [-0.2, -0.15) is 0 Å². The molecule has 5 aliphatic rings. The van der Waals surface area contributed by atoms with E-state index in [2.05, 4.69) is 0 Å². The first-order chi connectivity index (χ1) is 17.0. The number of hydrogen-bond acceptors (Lipinski definition) is 8. The Morgan fingerprint density at radius 3 is 2.31 bits per heavy atom. The Morgan fingerprint density at radius 2 is 1.72 bits per heavy atom. The zero-order chi connectivity index (χ0) is 26.3. The van der Waals surface area contributed by atoms with Gasteiger partial charge in [-0.25, -0.2) is 4.79 Å². The maximum atomic E-state index is 14.4. The van der Waals surface area contributed by atoms with Crippen molar-refractivity contribution in [1.29, 1.82) is 0 Å². The molecule has 0 aromatic heterocycles. The van der Waals surface area contributed by atoms with Crippen LogP contribution in [0.1, 0.15) is 46.1 Å². The number of fused-ring (bicyclic) bond motifs is 3. The van der Waals surface area contributed by atoms with Gasteiger partial charge in [0.05, 0.1) is 25.3 Å². The monoisotopic (exact) mass is 496 g/mol. The van der Waals surface area contributed by atoms with Gasteiger partial charge in [-0.1, -0.05) is 29.8 Å². The molecule has 0 radical (unpaired) electrons. The summed E-state index contributed by atoms with van der Waals surface area (Å²) in [6.07, 6.45) is 1.32. The molecular formula is C27H32N2O7. The first-order valence-electron chi connectivity index (χ1n) is 12.2. The molecule has 1 aromatic carbocycles. The molecule has 1 saturated carbocycles. The summed E-state index contributed by atoms with van der Waals surface area (Å²) in [7, 11) is 2.48. The average Bonchev–Trinajstić information content (AvgIpc) is 3.24. The molecule has 6 rings (SSSR count). The minimum Gasteiger partial charge on any atom is -0.468 e. The van der Waals surface area contributed by atoms with Crippen LogP contribution >= 0.6 is 0 Å². The first-order valence-corrected chi connectivity index (χ1v) is 12.2. The molecule has 36 heavy (non-hydrogen) atoms. The minimum atomic E-state index is -1.88. The van der Waals surface area contributed by atoms with Crippen molar-refractivity contribution in [1.82, 2.24) is 4.90 Å². The standard InChI is InChI=1S/C27H32N2O7/c1-7-16-15-28-13-12-25-17-10-8-9-11-19(17)29(23(33)36-24(2,3)4)27(25,28)20(30)14-18(16)26(25,21(31)34-5)22(32)35-6/h7-11,18H,12-15H2,1-6H3/b16-7-/t18-,25-,27+/m0/s1. The maximum Gasteiger partial charge on any atom is 0.416 e. The smallest absolute Gasteiger partial charge is 0.416 e. The van der Waals surface area contributed by atoms with E-state index >= 15 is 0 Å². The van der Waals surface area contributed by atoms with Gasteiger partial charge in [-0.3, -0.25) is 24.2 Å². The highest BCUT2D eigenvalue weighted by Crippen LogP contribution is 2.73. The third-order valence-corrected chi connectivity index (χ3v) is 8.49. The normalized spacial score (nSPS) is 32.6. The molecule has 4 heterocycles. The summed E-state index contributed by atoms with van der Waals surface area (Å²) in [6.45, 7) is 7.80. The van der Waals surface area contributed by atoms with Crippen LogP contribution in [0.25, 0.3) is 0 Å². The highest BCUT2D eigenvalue weighted by molar-refractivity contribution is 6.15. The predicted octanol–water partition coefficient (Wildman–Crippen LogP) is 2.96. The van der Waals surface area contributed by atoms with E-state index in [0.717, 1.165) is 5.57 Å². The zero-order valence-electron chi connectivity index (χ0n) is 21.5. The minimum absolute atomic E-state index is 0.116. The largest absolute Gasteiger partial charge is 0.468 e. The molecule has 3 saturated heterocycles. The van der Waals surface area contributed by atoms with Crippen LogP contribution < -0.4 is 4.90 Å². The molecule has 1 unspecified atom stereocenters. The fourth-order valence-electron chi connectivity index (χ4n) is 7.57. The van der Waals surface area contributed by atoms with Crippen molar-refractivity contribution < 1.29 is 33.4 Å². The number of allylic oxidation sites excluding steroid dienone is 1. The van der Waals surface area contributed by atoms with E-state index in [1.165, 1.54) is 19.1 Å². The van der Waals surface area contributed by atoms with Crippen LogP contribution in [0, 0.1) is 11.3 Å². The van der Waals surface area contributed by atoms with Crippen LogP contribution in [0.3, 0.4) is 0 Å². The van der Waals surface area contributed by atoms with E-state index in [4.69, 9.17) is 14.2 Å². The van der Waals surface area contributed by atoms with Crippen LogP contribution in [-0.4, -0.2) is 67.3 Å². The van der Waals surface area contributed by atoms with Crippen LogP contribution in [0.4, 0.5) is 10.5 Å². The second-order valence-corrected chi connectivity index (χ2v) is 10.9. The summed E-state index contributed by atoms with van der Waals surface area (Å²) in [5.41, 5.74) is -4.01. The number of ketones is 1. The predicted molar refractivity (Wildman–Crippen MR) is 129 cm³/mol. The number of rotatable bonds is 2. The van der Waals surface area contributed by atoms with E-state index in [-0.39, 0.29) is 18.6 Å².